The molecule has 164 valence electrons. The number of benzene rings is 2. The van der Waals surface area contributed by atoms with Gasteiger partial charge in [-0.2, -0.15) is 0 Å². The van der Waals surface area contributed by atoms with E-state index in [1.807, 2.05) is 30.3 Å². The molecule has 3 heterocycles. The van der Waals surface area contributed by atoms with E-state index in [9.17, 15) is 19.7 Å². The molecule has 2 amide bonds. The lowest BCUT2D eigenvalue weighted by Crippen LogP contribution is -2.31. The molecule has 10 nitrogen and oxygen atoms in total. The van der Waals surface area contributed by atoms with Gasteiger partial charge in [-0.3, -0.25) is 34.2 Å². The Hall–Kier alpha value is -4.60. The van der Waals surface area contributed by atoms with Gasteiger partial charge < -0.3 is 5.32 Å². The van der Waals surface area contributed by atoms with E-state index in [1.54, 1.807) is 27.9 Å². The molecule has 2 aromatic carbocycles. The van der Waals surface area contributed by atoms with Gasteiger partial charge in [0, 0.05) is 30.2 Å². The zero-order valence-electron chi connectivity index (χ0n) is 17.3. The molecule has 1 aliphatic heterocycles. The number of fused-ring (bicyclic) bond motifs is 3. The minimum Gasteiger partial charge on any atom is -0.326 e. The van der Waals surface area contributed by atoms with E-state index in [-0.39, 0.29) is 30.5 Å². The Morgan fingerprint density at radius 3 is 2.61 bits per heavy atom. The number of hydrogen-bond acceptors (Lipinski definition) is 6. The van der Waals surface area contributed by atoms with Crippen LogP contribution in [0.25, 0.3) is 11.0 Å². The van der Waals surface area contributed by atoms with E-state index in [0.29, 0.717) is 11.6 Å². The number of pyridine rings is 1. The van der Waals surface area contributed by atoms with Crippen LogP contribution in [0.15, 0.2) is 73.1 Å². The summed E-state index contributed by atoms with van der Waals surface area (Å²) in [4.78, 5) is 46.8. The van der Waals surface area contributed by atoms with E-state index in [4.69, 9.17) is 0 Å². The first-order valence-corrected chi connectivity index (χ1v) is 10.2. The quantitative estimate of drug-likeness (QED) is 0.360. The number of imidazole rings is 1. The third kappa shape index (κ3) is 3.78. The van der Waals surface area contributed by atoms with Crippen molar-refractivity contribution in [3.8, 4) is 0 Å². The van der Waals surface area contributed by atoms with Crippen LogP contribution in [0.3, 0.4) is 0 Å². The van der Waals surface area contributed by atoms with Crippen molar-refractivity contribution >= 4 is 40.2 Å². The maximum absolute atomic E-state index is 13.4. The average molecular weight is 442 g/mol. The summed E-state index contributed by atoms with van der Waals surface area (Å²) in [5, 5.41) is 13.5. The first-order chi connectivity index (χ1) is 16.0. The lowest BCUT2D eigenvalue weighted by Gasteiger charge is -2.16. The Bertz CT molecular complexity index is 1370. The highest BCUT2D eigenvalue weighted by molar-refractivity contribution is 6.05. The van der Waals surface area contributed by atoms with Crippen molar-refractivity contribution in [3.05, 3.63) is 88.7 Å². The summed E-state index contributed by atoms with van der Waals surface area (Å²) < 4.78 is 1.80. The van der Waals surface area contributed by atoms with E-state index in [1.165, 1.54) is 24.3 Å². The van der Waals surface area contributed by atoms with Crippen LogP contribution in [0.5, 0.6) is 0 Å². The van der Waals surface area contributed by atoms with Crippen LogP contribution < -0.4 is 10.2 Å². The molecule has 4 aromatic rings. The number of amides is 2. The highest BCUT2D eigenvalue weighted by Crippen LogP contribution is 2.37. The van der Waals surface area contributed by atoms with Crippen molar-refractivity contribution in [2.45, 2.75) is 19.0 Å². The number of para-hydroxylation sites is 2. The van der Waals surface area contributed by atoms with Gasteiger partial charge in [-0.15, -0.1) is 0 Å². The van der Waals surface area contributed by atoms with Crippen LogP contribution in [0.4, 0.5) is 17.3 Å². The van der Waals surface area contributed by atoms with Gasteiger partial charge in [0.05, 0.1) is 28.9 Å². The predicted molar refractivity (Wildman–Crippen MR) is 121 cm³/mol. The van der Waals surface area contributed by atoms with Crippen molar-refractivity contribution in [1.82, 2.24) is 14.5 Å². The summed E-state index contributed by atoms with van der Waals surface area (Å²) in [6.45, 7) is 0.288. The Balaban J connectivity index is 1.43. The maximum atomic E-state index is 13.4. The van der Waals surface area contributed by atoms with Crippen LogP contribution in [-0.4, -0.2) is 31.3 Å². The summed E-state index contributed by atoms with van der Waals surface area (Å²) in [5.41, 5.74) is 2.69. The monoisotopic (exact) mass is 442 g/mol. The third-order valence-corrected chi connectivity index (χ3v) is 5.49. The molecular weight excluding hydrogens is 424 g/mol. The second-order valence-corrected chi connectivity index (χ2v) is 7.63. The van der Waals surface area contributed by atoms with Gasteiger partial charge in [0.25, 0.3) is 11.6 Å². The van der Waals surface area contributed by atoms with Crippen LogP contribution >= 0.6 is 0 Å². The molecule has 0 radical (unpaired) electrons. The van der Waals surface area contributed by atoms with Crippen molar-refractivity contribution in [2.24, 2.45) is 0 Å². The van der Waals surface area contributed by atoms with E-state index in [2.05, 4.69) is 15.3 Å². The van der Waals surface area contributed by atoms with Gasteiger partial charge >= 0.3 is 0 Å². The zero-order valence-corrected chi connectivity index (χ0v) is 17.3. The summed E-state index contributed by atoms with van der Waals surface area (Å²) in [5.74, 6) is -0.127. The number of nitrogens with zero attached hydrogens (tertiary/aromatic N) is 5. The smallest absolute Gasteiger partial charge is 0.269 e. The van der Waals surface area contributed by atoms with E-state index >= 15 is 0 Å². The predicted octanol–water partition coefficient (Wildman–Crippen LogP) is 3.46. The van der Waals surface area contributed by atoms with Crippen molar-refractivity contribution in [2.75, 3.05) is 10.2 Å². The first kappa shape index (κ1) is 20.3. The number of carbonyl (C=O) groups excluding carboxylic acids is 2. The highest BCUT2D eigenvalue weighted by atomic mass is 16.6. The molecule has 0 spiro atoms. The lowest BCUT2D eigenvalue weighted by molar-refractivity contribution is -0.384. The fourth-order valence-corrected chi connectivity index (χ4v) is 3.97. The summed E-state index contributed by atoms with van der Waals surface area (Å²) in [7, 11) is 0. The molecule has 1 atom stereocenters. The number of non-ortho nitro benzene ring substituents is 1. The number of nitro benzene ring substituents is 1. The molecule has 0 aliphatic carbocycles. The normalized spacial score (nSPS) is 15.0. The molecular formula is C23H18N6O4. The molecule has 0 unspecified atom stereocenters. The molecule has 0 saturated carbocycles. The SMILES string of the molecule is O=C(C[C@@H]1C(=O)N(Cc2cccnc2)c2nc3ccccc3n21)Nc1ccc([N+](=O)[O-])cc1. The number of hydrogen-bond donors (Lipinski definition) is 1. The van der Waals surface area contributed by atoms with Gasteiger partial charge in [0.1, 0.15) is 6.04 Å². The van der Waals surface area contributed by atoms with Crippen LogP contribution in [-0.2, 0) is 16.1 Å². The standard InChI is InChI=1S/C23H18N6O4/c30-21(25-16-7-9-17(10-8-16)29(32)33)12-20-22(31)27(14-15-4-3-11-24-13-15)23-26-18-5-1-2-6-19(18)28(20)23/h1-11,13,20H,12,14H2,(H,25,30)/t20-/m1/s1. The largest absolute Gasteiger partial charge is 0.326 e. The second-order valence-electron chi connectivity index (χ2n) is 7.63. The lowest BCUT2D eigenvalue weighted by atomic mass is 10.1. The van der Waals surface area contributed by atoms with Gasteiger partial charge in [0.15, 0.2) is 0 Å². The van der Waals surface area contributed by atoms with E-state index in [0.717, 1.165) is 16.6 Å². The van der Waals surface area contributed by atoms with Gasteiger partial charge in [-0.25, -0.2) is 4.98 Å². The molecule has 0 saturated heterocycles. The Kier molecular flexibility index (Phi) is 5.02. The summed E-state index contributed by atoms with van der Waals surface area (Å²) >= 11 is 0. The fourth-order valence-electron chi connectivity index (χ4n) is 3.97. The molecule has 0 fully saturated rings. The average Bonchev–Trinajstić information content (AvgIpc) is 3.31. The van der Waals surface area contributed by atoms with Crippen LogP contribution in [0.1, 0.15) is 18.0 Å². The Labute approximate surface area is 187 Å². The Morgan fingerprint density at radius 2 is 1.88 bits per heavy atom. The number of aromatic nitrogens is 3. The van der Waals surface area contributed by atoms with E-state index < -0.39 is 11.0 Å². The minimum absolute atomic E-state index is 0.0699. The molecule has 1 aliphatic rings. The van der Waals surface area contributed by atoms with Gasteiger partial charge in [0.2, 0.25) is 11.9 Å². The zero-order chi connectivity index (χ0) is 22.9. The number of nitro groups is 1. The fraction of sp³-hybridized carbons (Fsp3) is 0.130. The highest BCUT2D eigenvalue weighted by Gasteiger charge is 2.40. The molecule has 2 aromatic heterocycles. The molecule has 5 rings (SSSR count). The number of carbonyl (C=O) groups is 2. The molecule has 33 heavy (non-hydrogen) atoms. The molecule has 10 heteroatoms. The molecule has 0 bridgehead atoms. The van der Waals surface area contributed by atoms with Gasteiger partial charge in [-0.1, -0.05) is 18.2 Å². The van der Waals surface area contributed by atoms with Crippen LogP contribution in [0, 0.1) is 10.1 Å². The summed E-state index contributed by atoms with van der Waals surface area (Å²) in [6, 6.07) is 15.9. The number of nitrogens with one attached hydrogen (secondary N) is 1. The van der Waals surface area contributed by atoms with Crippen molar-refractivity contribution in [3.63, 3.8) is 0 Å². The number of rotatable bonds is 6. The van der Waals surface area contributed by atoms with Crippen LogP contribution in [0.2, 0.25) is 0 Å². The van der Waals surface area contributed by atoms with Gasteiger partial charge in [-0.05, 0) is 35.9 Å². The molecule has 1 N–H and O–H groups in total. The first-order valence-electron chi connectivity index (χ1n) is 10.2. The minimum atomic E-state index is -0.762. The second kappa shape index (κ2) is 8.15. The van der Waals surface area contributed by atoms with Crippen molar-refractivity contribution < 1.29 is 14.5 Å². The topological polar surface area (TPSA) is 123 Å². The maximum Gasteiger partial charge on any atom is 0.269 e. The van der Waals surface area contributed by atoms with Crippen molar-refractivity contribution in [1.29, 1.82) is 0 Å². The summed E-state index contributed by atoms with van der Waals surface area (Å²) in [6.07, 6.45) is 3.25. The third-order valence-electron chi connectivity index (χ3n) is 5.49. The Morgan fingerprint density at radius 1 is 1.09 bits per heavy atom. The number of anilines is 2.